The third kappa shape index (κ3) is 3.79. The molecule has 15 heavy (non-hydrogen) atoms. The van der Waals surface area contributed by atoms with Gasteiger partial charge in [-0.1, -0.05) is 24.0 Å². The number of hydrogen-bond acceptors (Lipinski definition) is 2. The third-order valence-corrected chi connectivity index (χ3v) is 2.38. The van der Waals surface area contributed by atoms with E-state index in [-0.39, 0.29) is 5.97 Å². The van der Waals surface area contributed by atoms with Crippen LogP contribution >= 0.6 is 0 Å². The Morgan fingerprint density at radius 3 is 2.47 bits per heavy atom. The van der Waals surface area contributed by atoms with Gasteiger partial charge in [0.05, 0.1) is 0 Å². The highest BCUT2D eigenvalue weighted by Crippen LogP contribution is 2.42. The van der Waals surface area contributed by atoms with Gasteiger partial charge < -0.3 is 4.74 Å². The van der Waals surface area contributed by atoms with E-state index in [2.05, 4.69) is 18.4 Å². The summed E-state index contributed by atoms with van der Waals surface area (Å²) in [7, 11) is 0. The van der Waals surface area contributed by atoms with Crippen LogP contribution in [0.15, 0.2) is 12.2 Å². The molecule has 0 N–H and O–H groups in total. The molecule has 0 bridgehead atoms. The zero-order chi connectivity index (χ0) is 11.6. The van der Waals surface area contributed by atoms with E-state index in [9.17, 15) is 4.79 Å². The second kappa shape index (κ2) is 4.10. The van der Waals surface area contributed by atoms with Gasteiger partial charge in [0.15, 0.2) is 5.60 Å². The Kier molecular flexibility index (Phi) is 3.24. The first-order valence-electron chi connectivity index (χ1n) is 5.19. The smallest absolute Gasteiger partial charge is 0.304 e. The molecule has 0 aromatic rings. The van der Waals surface area contributed by atoms with Gasteiger partial charge in [-0.25, -0.2) is 0 Å². The summed E-state index contributed by atoms with van der Waals surface area (Å²) in [6.45, 7) is 10.9. The van der Waals surface area contributed by atoms with Gasteiger partial charge in [0.25, 0.3) is 0 Å². The van der Waals surface area contributed by atoms with Crippen LogP contribution in [0.3, 0.4) is 0 Å². The predicted molar refractivity (Wildman–Crippen MR) is 60.0 cm³/mol. The van der Waals surface area contributed by atoms with Crippen molar-refractivity contribution in [3.8, 4) is 11.8 Å². The van der Waals surface area contributed by atoms with E-state index in [1.165, 1.54) is 12.5 Å². The summed E-state index contributed by atoms with van der Waals surface area (Å²) in [5, 5.41) is 0. The van der Waals surface area contributed by atoms with Gasteiger partial charge in [-0.3, -0.25) is 4.79 Å². The molecule has 1 rings (SSSR count). The van der Waals surface area contributed by atoms with Gasteiger partial charge in [0.1, 0.15) is 0 Å². The SMILES string of the molecule is C=C(C)[C@@H]1C[C@H]1C#CC(C)(C)OC(C)=O. The average molecular weight is 206 g/mol. The van der Waals surface area contributed by atoms with Crippen molar-refractivity contribution in [2.75, 3.05) is 0 Å². The lowest BCUT2D eigenvalue weighted by Crippen LogP contribution is -2.24. The van der Waals surface area contributed by atoms with Crippen molar-refractivity contribution >= 4 is 5.97 Å². The summed E-state index contributed by atoms with van der Waals surface area (Å²) in [6, 6.07) is 0. The van der Waals surface area contributed by atoms with E-state index >= 15 is 0 Å². The Balaban J connectivity index is 2.52. The molecular formula is C13H18O2. The maximum Gasteiger partial charge on any atom is 0.304 e. The molecular weight excluding hydrogens is 188 g/mol. The van der Waals surface area contributed by atoms with Crippen LogP contribution in [-0.4, -0.2) is 11.6 Å². The number of carbonyl (C=O) groups is 1. The van der Waals surface area contributed by atoms with Gasteiger partial charge in [-0.05, 0) is 33.1 Å². The zero-order valence-electron chi connectivity index (χ0n) is 9.89. The second-order valence-corrected chi connectivity index (χ2v) is 4.67. The number of allylic oxidation sites excluding steroid dienone is 1. The van der Waals surface area contributed by atoms with Crippen LogP contribution < -0.4 is 0 Å². The summed E-state index contributed by atoms with van der Waals surface area (Å²) < 4.78 is 5.08. The summed E-state index contributed by atoms with van der Waals surface area (Å²) in [4.78, 5) is 10.8. The molecule has 0 aromatic carbocycles. The van der Waals surface area contributed by atoms with Crippen molar-refractivity contribution in [1.82, 2.24) is 0 Å². The largest absolute Gasteiger partial charge is 0.447 e. The highest BCUT2D eigenvalue weighted by molar-refractivity contribution is 5.67. The monoisotopic (exact) mass is 206 g/mol. The fraction of sp³-hybridized carbons (Fsp3) is 0.615. The van der Waals surface area contributed by atoms with Crippen LogP contribution in [0.1, 0.15) is 34.1 Å². The Bertz CT molecular complexity index is 341. The minimum atomic E-state index is -0.673. The topological polar surface area (TPSA) is 26.3 Å². The summed E-state index contributed by atoms with van der Waals surface area (Å²) in [5.41, 5.74) is 0.521. The van der Waals surface area contributed by atoms with Crippen LogP contribution in [0, 0.1) is 23.7 Å². The molecule has 0 spiro atoms. The molecule has 1 aliphatic rings. The molecule has 0 radical (unpaired) electrons. The Hall–Kier alpha value is -1.23. The van der Waals surface area contributed by atoms with Gasteiger partial charge in [-0.15, -0.1) is 0 Å². The highest BCUT2D eigenvalue weighted by Gasteiger charge is 2.36. The number of esters is 1. The Labute approximate surface area is 91.7 Å². The molecule has 2 atom stereocenters. The van der Waals surface area contributed by atoms with E-state index in [1.807, 2.05) is 6.92 Å². The summed E-state index contributed by atoms with van der Waals surface area (Å²) in [5.74, 6) is 6.82. The van der Waals surface area contributed by atoms with Crippen LogP contribution in [-0.2, 0) is 9.53 Å². The van der Waals surface area contributed by atoms with Crippen LogP contribution in [0.25, 0.3) is 0 Å². The lowest BCUT2D eigenvalue weighted by Gasteiger charge is -2.17. The van der Waals surface area contributed by atoms with Gasteiger partial charge in [0.2, 0.25) is 0 Å². The first-order chi connectivity index (χ1) is 6.82. The van der Waals surface area contributed by atoms with Gasteiger partial charge in [-0.2, -0.15) is 0 Å². The van der Waals surface area contributed by atoms with Gasteiger partial charge in [0, 0.05) is 12.8 Å². The Morgan fingerprint density at radius 2 is 2.07 bits per heavy atom. The van der Waals surface area contributed by atoms with E-state index in [1.54, 1.807) is 13.8 Å². The molecule has 1 fully saturated rings. The standard InChI is InChI=1S/C13H18O2/c1-9(2)12-8-11(12)6-7-13(4,5)15-10(3)14/h11-12H,1,8H2,2-5H3/t11-,12+/m1/s1. The predicted octanol–water partition coefficient (Wildman–Crippen LogP) is 2.54. The average Bonchev–Trinajstić information content (AvgIpc) is 2.76. The van der Waals surface area contributed by atoms with Crippen LogP contribution in [0.2, 0.25) is 0 Å². The van der Waals surface area contributed by atoms with Crippen molar-refractivity contribution in [3.63, 3.8) is 0 Å². The van der Waals surface area contributed by atoms with Gasteiger partial charge >= 0.3 is 5.97 Å². The number of hydrogen-bond donors (Lipinski definition) is 0. The second-order valence-electron chi connectivity index (χ2n) is 4.67. The lowest BCUT2D eigenvalue weighted by atomic mass is 10.1. The maximum absolute atomic E-state index is 10.8. The third-order valence-electron chi connectivity index (χ3n) is 2.38. The van der Waals surface area contributed by atoms with Crippen molar-refractivity contribution < 1.29 is 9.53 Å². The van der Waals surface area contributed by atoms with E-state index < -0.39 is 5.60 Å². The fourth-order valence-electron chi connectivity index (χ4n) is 1.55. The van der Waals surface area contributed by atoms with Crippen molar-refractivity contribution in [1.29, 1.82) is 0 Å². The minimum Gasteiger partial charge on any atom is -0.447 e. The van der Waals surface area contributed by atoms with Crippen LogP contribution in [0.4, 0.5) is 0 Å². The van der Waals surface area contributed by atoms with E-state index in [0.29, 0.717) is 11.8 Å². The van der Waals surface area contributed by atoms with Crippen molar-refractivity contribution in [3.05, 3.63) is 12.2 Å². The molecule has 0 heterocycles. The highest BCUT2D eigenvalue weighted by atomic mass is 16.6. The summed E-state index contributed by atoms with van der Waals surface area (Å²) >= 11 is 0. The molecule has 0 amide bonds. The minimum absolute atomic E-state index is 0.290. The number of carbonyl (C=O) groups excluding carboxylic acids is 1. The molecule has 2 heteroatoms. The van der Waals surface area contributed by atoms with Crippen molar-refractivity contribution in [2.45, 2.75) is 39.7 Å². The van der Waals surface area contributed by atoms with E-state index in [0.717, 1.165) is 6.42 Å². The maximum atomic E-state index is 10.8. The molecule has 0 saturated heterocycles. The molecule has 82 valence electrons. The normalized spacial score (nSPS) is 23.7. The molecule has 0 aromatic heterocycles. The van der Waals surface area contributed by atoms with Crippen LogP contribution in [0.5, 0.6) is 0 Å². The molecule has 0 aliphatic heterocycles. The molecule has 1 saturated carbocycles. The summed E-state index contributed by atoms with van der Waals surface area (Å²) in [6.07, 6.45) is 1.10. The first kappa shape index (κ1) is 11.8. The molecule has 2 nitrogen and oxygen atoms in total. The molecule has 0 unspecified atom stereocenters. The zero-order valence-corrected chi connectivity index (χ0v) is 9.89. The Morgan fingerprint density at radius 1 is 1.47 bits per heavy atom. The van der Waals surface area contributed by atoms with Crippen molar-refractivity contribution in [2.24, 2.45) is 11.8 Å². The number of rotatable bonds is 2. The molecule has 1 aliphatic carbocycles. The first-order valence-corrected chi connectivity index (χ1v) is 5.19. The quantitative estimate of drug-likeness (QED) is 0.394. The number of ether oxygens (including phenoxy) is 1. The fourth-order valence-corrected chi connectivity index (χ4v) is 1.55. The van der Waals surface area contributed by atoms with E-state index in [4.69, 9.17) is 4.74 Å². The lowest BCUT2D eigenvalue weighted by molar-refractivity contribution is -0.148.